The Morgan fingerprint density at radius 2 is 1.71 bits per heavy atom. The number of aliphatic hydroxyl groups is 1. The molecule has 0 radical (unpaired) electrons. The third-order valence-corrected chi connectivity index (χ3v) is 6.20. The van der Waals surface area contributed by atoms with E-state index in [0.717, 1.165) is 30.1 Å². The number of hydroxylamine groups is 2. The van der Waals surface area contributed by atoms with E-state index in [4.69, 9.17) is 4.84 Å². The Morgan fingerprint density at radius 1 is 1.12 bits per heavy atom. The summed E-state index contributed by atoms with van der Waals surface area (Å²) < 4.78 is 0. The topological polar surface area (TPSA) is 32.7 Å². The summed E-state index contributed by atoms with van der Waals surface area (Å²) in [4.78, 5) is 5.87. The predicted molar refractivity (Wildman–Crippen MR) is 64.1 cm³/mol. The Balaban J connectivity index is 1.69. The molecular formula is C14H23NO2. The molecule has 5 fully saturated rings. The Hall–Kier alpha value is -0.120. The van der Waals surface area contributed by atoms with E-state index in [1.165, 1.54) is 32.1 Å². The van der Waals surface area contributed by atoms with Gasteiger partial charge in [-0.1, -0.05) is 0 Å². The van der Waals surface area contributed by atoms with E-state index in [1.54, 1.807) is 0 Å². The van der Waals surface area contributed by atoms with Gasteiger partial charge in [-0.25, -0.2) is 0 Å². The van der Waals surface area contributed by atoms with Gasteiger partial charge in [0.25, 0.3) is 0 Å². The molecule has 0 aromatic heterocycles. The summed E-state index contributed by atoms with van der Waals surface area (Å²) in [6, 6.07) is 0. The number of nitrogens with zero attached hydrogens (tertiary/aromatic N) is 1. The van der Waals surface area contributed by atoms with Gasteiger partial charge in [-0.05, 0) is 62.2 Å². The quantitative estimate of drug-likeness (QED) is 0.755. The minimum atomic E-state index is 0.0533. The van der Waals surface area contributed by atoms with Crippen molar-refractivity contribution in [3.05, 3.63) is 0 Å². The fourth-order valence-corrected chi connectivity index (χ4v) is 5.80. The van der Waals surface area contributed by atoms with Gasteiger partial charge in [0.15, 0.2) is 0 Å². The molecule has 3 heteroatoms. The summed E-state index contributed by atoms with van der Waals surface area (Å²) in [5.74, 6) is 3.68. The minimum absolute atomic E-state index is 0.0533. The molecule has 0 aromatic rings. The maximum Gasteiger partial charge on any atom is 0.104 e. The van der Waals surface area contributed by atoms with Crippen molar-refractivity contribution in [1.29, 1.82) is 0 Å². The average molecular weight is 237 g/mol. The first-order chi connectivity index (χ1) is 8.22. The van der Waals surface area contributed by atoms with Gasteiger partial charge in [0.1, 0.15) is 6.10 Å². The van der Waals surface area contributed by atoms with Crippen LogP contribution in [-0.2, 0) is 4.84 Å². The maximum atomic E-state index is 9.37. The first-order valence-electron chi connectivity index (χ1n) is 7.24. The van der Waals surface area contributed by atoms with Crippen LogP contribution in [-0.4, -0.2) is 35.5 Å². The number of hydrogen-bond acceptors (Lipinski definition) is 3. The molecule has 4 aliphatic carbocycles. The normalized spacial score (nSPS) is 57.2. The monoisotopic (exact) mass is 237 g/mol. The Kier molecular flexibility index (Phi) is 2.19. The standard InChI is InChI=1S/C14H23NO2/c1-15-14(7-13(8-16)17-15)11-3-9-2-10(5-11)6-12(14)4-9/h9-13,16H,2-8H2,1H3. The fourth-order valence-electron chi connectivity index (χ4n) is 5.80. The van der Waals surface area contributed by atoms with Gasteiger partial charge < -0.3 is 5.11 Å². The molecule has 3 nitrogen and oxygen atoms in total. The third-order valence-electron chi connectivity index (χ3n) is 6.20. The van der Waals surface area contributed by atoms with Crippen molar-refractivity contribution >= 4 is 0 Å². The second-order valence-electron chi connectivity index (χ2n) is 6.91. The van der Waals surface area contributed by atoms with Gasteiger partial charge in [-0.3, -0.25) is 4.84 Å². The van der Waals surface area contributed by atoms with Crippen molar-refractivity contribution in [2.24, 2.45) is 23.7 Å². The van der Waals surface area contributed by atoms with Gasteiger partial charge in [0.2, 0.25) is 0 Å². The zero-order valence-corrected chi connectivity index (χ0v) is 10.6. The largest absolute Gasteiger partial charge is 0.394 e. The van der Waals surface area contributed by atoms with Gasteiger partial charge in [-0.15, -0.1) is 0 Å². The average Bonchev–Trinajstić information content (AvgIpc) is 2.64. The molecule has 96 valence electrons. The van der Waals surface area contributed by atoms with Crippen molar-refractivity contribution in [2.45, 2.75) is 50.2 Å². The smallest absolute Gasteiger partial charge is 0.104 e. The van der Waals surface area contributed by atoms with Crippen molar-refractivity contribution < 1.29 is 9.94 Å². The fraction of sp³-hybridized carbons (Fsp3) is 1.00. The summed E-state index contributed by atoms with van der Waals surface area (Å²) in [7, 11) is 2.11. The zero-order valence-electron chi connectivity index (χ0n) is 10.6. The van der Waals surface area contributed by atoms with Crippen LogP contribution in [0.15, 0.2) is 0 Å². The molecule has 1 aliphatic heterocycles. The van der Waals surface area contributed by atoms with Gasteiger partial charge >= 0.3 is 0 Å². The van der Waals surface area contributed by atoms with Crippen LogP contribution in [0.4, 0.5) is 0 Å². The van der Waals surface area contributed by atoms with Crippen molar-refractivity contribution in [3.8, 4) is 0 Å². The summed E-state index contributed by atoms with van der Waals surface area (Å²) in [6.07, 6.45) is 8.28. The highest BCUT2D eigenvalue weighted by molar-refractivity contribution is 5.12. The highest BCUT2D eigenvalue weighted by Crippen LogP contribution is 2.62. The Labute approximate surface area is 103 Å². The van der Waals surface area contributed by atoms with Crippen LogP contribution in [0.1, 0.15) is 38.5 Å². The molecule has 17 heavy (non-hydrogen) atoms. The molecule has 1 unspecified atom stereocenters. The predicted octanol–water partition coefficient (Wildman–Crippen LogP) is 1.81. The van der Waals surface area contributed by atoms with Crippen LogP contribution >= 0.6 is 0 Å². The number of hydrogen-bond donors (Lipinski definition) is 1. The highest BCUT2D eigenvalue weighted by Gasteiger charge is 2.62. The molecule has 5 rings (SSSR count). The highest BCUT2D eigenvalue weighted by atomic mass is 16.7. The van der Waals surface area contributed by atoms with Crippen LogP contribution in [0.3, 0.4) is 0 Å². The van der Waals surface area contributed by atoms with Crippen molar-refractivity contribution in [2.75, 3.05) is 13.7 Å². The first kappa shape index (κ1) is 10.8. The van der Waals surface area contributed by atoms with Crippen LogP contribution in [0.25, 0.3) is 0 Å². The molecule has 0 aromatic carbocycles. The first-order valence-corrected chi connectivity index (χ1v) is 7.24. The molecule has 1 saturated heterocycles. The number of aliphatic hydroxyl groups excluding tert-OH is 1. The second kappa shape index (κ2) is 3.46. The lowest BCUT2D eigenvalue weighted by Gasteiger charge is -2.61. The molecule has 5 aliphatic rings. The van der Waals surface area contributed by atoms with E-state index >= 15 is 0 Å². The molecule has 1 spiro atoms. The van der Waals surface area contributed by atoms with Gasteiger partial charge in [-0.2, -0.15) is 5.06 Å². The van der Waals surface area contributed by atoms with Crippen LogP contribution < -0.4 is 0 Å². The molecule has 1 atom stereocenters. The molecule has 4 saturated carbocycles. The minimum Gasteiger partial charge on any atom is -0.394 e. The van der Waals surface area contributed by atoms with Gasteiger partial charge in [0, 0.05) is 7.05 Å². The third kappa shape index (κ3) is 1.28. The molecule has 4 bridgehead atoms. The zero-order chi connectivity index (χ0) is 11.6. The Morgan fingerprint density at radius 3 is 2.18 bits per heavy atom. The molecular weight excluding hydrogens is 214 g/mol. The van der Waals surface area contributed by atoms with Crippen LogP contribution in [0.2, 0.25) is 0 Å². The van der Waals surface area contributed by atoms with Crippen molar-refractivity contribution in [3.63, 3.8) is 0 Å². The van der Waals surface area contributed by atoms with E-state index in [2.05, 4.69) is 12.1 Å². The Bertz CT molecular complexity index is 302. The van der Waals surface area contributed by atoms with E-state index in [-0.39, 0.29) is 18.2 Å². The van der Waals surface area contributed by atoms with E-state index in [9.17, 15) is 5.11 Å². The lowest BCUT2D eigenvalue weighted by molar-refractivity contribution is -0.230. The summed E-state index contributed by atoms with van der Waals surface area (Å²) in [6.45, 7) is 0.179. The van der Waals surface area contributed by atoms with Crippen LogP contribution in [0.5, 0.6) is 0 Å². The van der Waals surface area contributed by atoms with Gasteiger partial charge in [0.05, 0.1) is 12.1 Å². The second-order valence-corrected chi connectivity index (χ2v) is 6.91. The summed E-state index contributed by atoms with van der Waals surface area (Å²) >= 11 is 0. The lowest BCUT2D eigenvalue weighted by Crippen LogP contribution is -2.62. The summed E-state index contributed by atoms with van der Waals surface area (Å²) in [5.41, 5.74) is 0.279. The maximum absolute atomic E-state index is 9.37. The van der Waals surface area contributed by atoms with E-state index in [0.29, 0.717) is 0 Å². The van der Waals surface area contributed by atoms with Crippen molar-refractivity contribution in [1.82, 2.24) is 5.06 Å². The molecule has 1 heterocycles. The van der Waals surface area contributed by atoms with Crippen LogP contribution in [0, 0.1) is 23.7 Å². The molecule has 0 amide bonds. The molecule has 1 N–H and O–H groups in total. The SMILES string of the molecule is CN1OC(CO)CC12C1CC3CC(C1)CC2C3. The van der Waals surface area contributed by atoms with E-state index < -0.39 is 0 Å². The van der Waals surface area contributed by atoms with E-state index in [1.807, 2.05) is 0 Å². The lowest BCUT2D eigenvalue weighted by atomic mass is 9.47. The summed E-state index contributed by atoms with van der Waals surface area (Å²) in [5, 5.41) is 11.5. The number of rotatable bonds is 1.